The van der Waals surface area contributed by atoms with Crippen LogP contribution in [0.1, 0.15) is 25.8 Å². The van der Waals surface area contributed by atoms with Crippen LogP contribution in [0.4, 0.5) is 4.39 Å². The maximum Gasteiger partial charge on any atom is 0.123 e. The second kappa shape index (κ2) is 7.18. The summed E-state index contributed by atoms with van der Waals surface area (Å²) in [6.07, 6.45) is 5.01. The normalized spacial score (nSPS) is 11.5. The molecular formula is C14H20FN. The molecule has 0 spiro atoms. The van der Waals surface area contributed by atoms with E-state index in [1.54, 1.807) is 6.07 Å². The fourth-order valence-corrected chi connectivity index (χ4v) is 1.41. The van der Waals surface area contributed by atoms with Gasteiger partial charge in [-0.05, 0) is 43.1 Å². The molecule has 0 aliphatic rings. The third-order valence-electron chi connectivity index (χ3n) is 2.20. The first-order chi connectivity index (χ1) is 7.68. The van der Waals surface area contributed by atoms with Gasteiger partial charge in [0.05, 0.1) is 0 Å². The lowest BCUT2D eigenvalue weighted by molar-refractivity contribution is 0.557. The lowest BCUT2D eigenvalue weighted by Gasteiger charge is -2.04. The number of nitrogens with one attached hydrogen (secondary N) is 1. The van der Waals surface area contributed by atoms with Crippen molar-refractivity contribution in [1.29, 1.82) is 0 Å². The Kier molecular flexibility index (Phi) is 5.79. The van der Waals surface area contributed by atoms with Gasteiger partial charge in [-0.15, -0.1) is 0 Å². The van der Waals surface area contributed by atoms with Gasteiger partial charge in [0.15, 0.2) is 0 Å². The number of hydrogen-bond donors (Lipinski definition) is 1. The predicted molar refractivity (Wildman–Crippen MR) is 67.8 cm³/mol. The molecule has 0 aliphatic heterocycles. The molecule has 0 fully saturated rings. The summed E-state index contributed by atoms with van der Waals surface area (Å²) >= 11 is 0. The van der Waals surface area contributed by atoms with E-state index in [9.17, 15) is 4.39 Å². The van der Waals surface area contributed by atoms with Gasteiger partial charge in [-0.25, -0.2) is 4.39 Å². The van der Waals surface area contributed by atoms with Gasteiger partial charge in [0, 0.05) is 0 Å². The minimum atomic E-state index is -0.180. The highest BCUT2D eigenvalue weighted by molar-refractivity contribution is 5.48. The molecule has 1 aromatic carbocycles. The average Bonchev–Trinajstić information content (AvgIpc) is 2.23. The predicted octanol–water partition coefficient (Wildman–Crippen LogP) is 3.47. The van der Waals surface area contributed by atoms with Crippen LogP contribution in [0.2, 0.25) is 0 Å². The van der Waals surface area contributed by atoms with Crippen LogP contribution >= 0.6 is 0 Å². The Labute approximate surface area is 97.4 Å². The molecule has 0 saturated carbocycles. The maximum atomic E-state index is 12.8. The molecule has 0 unspecified atom stereocenters. The van der Waals surface area contributed by atoms with Crippen molar-refractivity contribution in [1.82, 2.24) is 5.32 Å². The zero-order chi connectivity index (χ0) is 11.8. The summed E-state index contributed by atoms with van der Waals surface area (Å²) in [6.45, 7) is 6.41. The van der Waals surface area contributed by atoms with Crippen LogP contribution in [-0.4, -0.2) is 13.1 Å². The Hall–Kier alpha value is -1.15. The third-order valence-corrected chi connectivity index (χ3v) is 2.20. The van der Waals surface area contributed by atoms with Crippen LogP contribution in [0.15, 0.2) is 30.3 Å². The highest BCUT2D eigenvalue weighted by atomic mass is 19.1. The Bertz CT molecular complexity index is 331. The molecule has 0 aliphatic carbocycles. The molecule has 0 radical (unpaired) electrons. The highest BCUT2D eigenvalue weighted by Gasteiger charge is 1.91. The van der Waals surface area contributed by atoms with Crippen molar-refractivity contribution in [2.24, 2.45) is 5.92 Å². The topological polar surface area (TPSA) is 12.0 Å². The Morgan fingerprint density at radius 1 is 1.38 bits per heavy atom. The quantitative estimate of drug-likeness (QED) is 0.725. The molecule has 16 heavy (non-hydrogen) atoms. The van der Waals surface area contributed by atoms with E-state index in [1.165, 1.54) is 12.1 Å². The molecule has 0 saturated heterocycles. The average molecular weight is 221 g/mol. The minimum Gasteiger partial charge on any atom is -0.316 e. The summed E-state index contributed by atoms with van der Waals surface area (Å²) < 4.78 is 12.8. The van der Waals surface area contributed by atoms with Gasteiger partial charge in [-0.3, -0.25) is 0 Å². The van der Waals surface area contributed by atoms with Gasteiger partial charge in [0.1, 0.15) is 5.82 Å². The third kappa shape index (κ3) is 5.66. The van der Waals surface area contributed by atoms with Gasteiger partial charge in [0.2, 0.25) is 0 Å². The van der Waals surface area contributed by atoms with Crippen molar-refractivity contribution < 1.29 is 4.39 Å². The van der Waals surface area contributed by atoms with Crippen molar-refractivity contribution in [3.63, 3.8) is 0 Å². The first kappa shape index (κ1) is 12.9. The molecule has 1 nitrogen and oxygen atoms in total. The van der Waals surface area contributed by atoms with Crippen LogP contribution in [0.5, 0.6) is 0 Å². The first-order valence-electron chi connectivity index (χ1n) is 5.81. The zero-order valence-corrected chi connectivity index (χ0v) is 10.0. The molecule has 0 amide bonds. The lowest BCUT2D eigenvalue weighted by atomic mass is 10.2. The van der Waals surface area contributed by atoms with E-state index in [-0.39, 0.29) is 5.82 Å². The molecule has 1 rings (SSSR count). The Balaban J connectivity index is 2.22. The molecule has 88 valence electrons. The second-order valence-corrected chi connectivity index (χ2v) is 4.34. The molecule has 0 atom stereocenters. The smallest absolute Gasteiger partial charge is 0.123 e. The summed E-state index contributed by atoms with van der Waals surface area (Å²) in [6, 6.07) is 6.63. The summed E-state index contributed by atoms with van der Waals surface area (Å²) in [7, 11) is 0. The van der Waals surface area contributed by atoms with E-state index in [4.69, 9.17) is 0 Å². The molecule has 0 heterocycles. The SMILES string of the molecule is CC(C)CNCCC=Cc1cccc(F)c1. The number of rotatable bonds is 6. The van der Waals surface area contributed by atoms with E-state index in [1.807, 2.05) is 12.1 Å². The van der Waals surface area contributed by atoms with Gasteiger partial charge in [-0.2, -0.15) is 0 Å². The van der Waals surface area contributed by atoms with Crippen LogP contribution < -0.4 is 5.32 Å². The summed E-state index contributed by atoms with van der Waals surface area (Å²) in [5.41, 5.74) is 0.920. The standard InChI is InChI=1S/C14H20FN/c1-12(2)11-16-9-4-3-6-13-7-5-8-14(15)10-13/h3,5-8,10,12,16H,4,9,11H2,1-2H3. The van der Waals surface area contributed by atoms with Gasteiger partial charge in [-0.1, -0.05) is 38.1 Å². The van der Waals surface area contributed by atoms with Gasteiger partial charge in [0.25, 0.3) is 0 Å². The van der Waals surface area contributed by atoms with Crippen molar-refractivity contribution in [3.8, 4) is 0 Å². The van der Waals surface area contributed by atoms with Crippen LogP contribution in [0, 0.1) is 11.7 Å². The van der Waals surface area contributed by atoms with Gasteiger partial charge < -0.3 is 5.32 Å². The molecular weight excluding hydrogens is 201 g/mol. The van der Waals surface area contributed by atoms with E-state index in [0.717, 1.165) is 25.1 Å². The summed E-state index contributed by atoms with van der Waals surface area (Å²) in [4.78, 5) is 0. The molecule has 0 aromatic heterocycles. The minimum absolute atomic E-state index is 0.180. The number of halogens is 1. The first-order valence-corrected chi connectivity index (χ1v) is 5.81. The molecule has 2 heteroatoms. The van der Waals surface area contributed by atoms with Crippen LogP contribution in [0.3, 0.4) is 0 Å². The Morgan fingerprint density at radius 2 is 2.19 bits per heavy atom. The highest BCUT2D eigenvalue weighted by Crippen LogP contribution is 2.05. The number of hydrogen-bond acceptors (Lipinski definition) is 1. The largest absolute Gasteiger partial charge is 0.316 e. The fraction of sp³-hybridized carbons (Fsp3) is 0.429. The van der Waals surface area contributed by atoms with Crippen molar-refractivity contribution in [3.05, 3.63) is 41.7 Å². The van der Waals surface area contributed by atoms with Crippen molar-refractivity contribution in [2.45, 2.75) is 20.3 Å². The molecule has 1 aromatic rings. The summed E-state index contributed by atoms with van der Waals surface area (Å²) in [5, 5.41) is 3.36. The van der Waals surface area contributed by atoms with E-state index >= 15 is 0 Å². The monoisotopic (exact) mass is 221 g/mol. The fourth-order valence-electron chi connectivity index (χ4n) is 1.41. The van der Waals surface area contributed by atoms with Crippen molar-refractivity contribution in [2.75, 3.05) is 13.1 Å². The van der Waals surface area contributed by atoms with Crippen LogP contribution in [0.25, 0.3) is 6.08 Å². The van der Waals surface area contributed by atoms with Crippen molar-refractivity contribution >= 4 is 6.08 Å². The summed E-state index contributed by atoms with van der Waals surface area (Å²) in [5.74, 6) is 0.507. The van der Waals surface area contributed by atoms with E-state index in [0.29, 0.717) is 5.92 Å². The number of benzene rings is 1. The lowest BCUT2D eigenvalue weighted by Crippen LogP contribution is -2.20. The zero-order valence-electron chi connectivity index (χ0n) is 10.0. The molecule has 0 bridgehead atoms. The van der Waals surface area contributed by atoms with Gasteiger partial charge >= 0.3 is 0 Å². The van der Waals surface area contributed by atoms with E-state index < -0.39 is 0 Å². The van der Waals surface area contributed by atoms with Crippen LogP contribution in [-0.2, 0) is 0 Å². The second-order valence-electron chi connectivity index (χ2n) is 4.34. The Morgan fingerprint density at radius 3 is 2.88 bits per heavy atom. The maximum absolute atomic E-state index is 12.8. The van der Waals surface area contributed by atoms with E-state index in [2.05, 4.69) is 25.2 Å². The molecule has 1 N–H and O–H groups in total.